The lowest BCUT2D eigenvalue weighted by molar-refractivity contribution is -0.228. The normalized spacial score (nSPS) is 13.5. The molecule has 0 aliphatic rings. The van der Waals surface area contributed by atoms with Crippen molar-refractivity contribution in [2.75, 3.05) is 0 Å². The Kier molecular flexibility index (Phi) is 3.84. The average Bonchev–Trinajstić information content (AvgIpc) is 2.75. The van der Waals surface area contributed by atoms with Gasteiger partial charge in [0.15, 0.2) is 11.9 Å². The predicted molar refractivity (Wildman–Crippen MR) is 61.0 cm³/mol. The van der Waals surface area contributed by atoms with E-state index < -0.39 is 12.3 Å². The Morgan fingerprint density at radius 1 is 1.26 bits per heavy atom. The maximum atomic E-state index is 13.0. The van der Waals surface area contributed by atoms with E-state index >= 15 is 0 Å². The van der Waals surface area contributed by atoms with Crippen molar-refractivity contribution in [3.05, 3.63) is 48.0 Å². The number of ether oxygens (including phenoxy) is 1. The van der Waals surface area contributed by atoms with E-state index in [1.807, 2.05) is 0 Å². The van der Waals surface area contributed by atoms with Gasteiger partial charge in [-0.25, -0.2) is 4.98 Å². The molecule has 0 amide bonds. The molecule has 1 aromatic heterocycles. The first kappa shape index (κ1) is 13.5. The van der Waals surface area contributed by atoms with E-state index in [-0.39, 0.29) is 12.2 Å². The van der Waals surface area contributed by atoms with Crippen LogP contribution in [0.3, 0.4) is 0 Å². The molecule has 0 fully saturated rings. The van der Waals surface area contributed by atoms with Crippen LogP contribution in [0, 0.1) is 0 Å². The number of hydrogen-bond acceptors (Lipinski definition) is 3. The van der Waals surface area contributed by atoms with Crippen LogP contribution in [0.1, 0.15) is 17.5 Å². The number of alkyl halides is 3. The average molecular weight is 271 g/mol. The summed E-state index contributed by atoms with van der Waals surface area (Å²) in [6.07, 6.45) is -5.17. The maximum Gasteiger partial charge on any atom is 0.418 e. The van der Waals surface area contributed by atoms with Crippen molar-refractivity contribution in [1.82, 2.24) is 14.8 Å². The molecule has 2 aromatic rings. The number of nitrogens with zero attached hydrogens (tertiary/aromatic N) is 3. The second-order valence-corrected chi connectivity index (χ2v) is 3.94. The maximum absolute atomic E-state index is 13.0. The van der Waals surface area contributed by atoms with Crippen molar-refractivity contribution in [3.63, 3.8) is 0 Å². The predicted octanol–water partition coefficient (Wildman–Crippen LogP) is 2.64. The molecule has 0 saturated heterocycles. The molecular weight excluding hydrogens is 259 g/mol. The van der Waals surface area contributed by atoms with Gasteiger partial charge in [0.1, 0.15) is 12.9 Å². The molecular formula is C12H12F3N3O. The zero-order valence-corrected chi connectivity index (χ0v) is 10.1. The van der Waals surface area contributed by atoms with Crippen molar-refractivity contribution in [2.24, 2.45) is 7.05 Å². The molecule has 0 bridgehead atoms. The van der Waals surface area contributed by atoms with Crippen LogP contribution in [0.15, 0.2) is 36.7 Å². The summed E-state index contributed by atoms with van der Waals surface area (Å²) >= 11 is 0. The van der Waals surface area contributed by atoms with Crippen LogP contribution in [-0.2, 0) is 18.4 Å². The highest BCUT2D eigenvalue weighted by molar-refractivity contribution is 5.18. The fourth-order valence-electron chi connectivity index (χ4n) is 1.62. The minimum atomic E-state index is -4.47. The van der Waals surface area contributed by atoms with Gasteiger partial charge in [-0.3, -0.25) is 4.68 Å². The first-order chi connectivity index (χ1) is 8.98. The largest absolute Gasteiger partial charge is 0.418 e. The number of aromatic nitrogens is 3. The lowest BCUT2D eigenvalue weighted by Crippen LogP contribution is -2.24. The van der Waals surface area contributed by atoms with Gasteiger partial charge in [0.25, 0.3) is 0 Å². The molecule has 2 rings (SSSR count). The van der Waals surface area contributed by atoms with Crippen molar-refractivity contribution < 1.29 is 17.9 Å². The lowest BCUT2D eigenvalue weighted by Gasteiger charge is -2.20. The van der Waals surface area contributed by atoms with Gasteiger partial charge >= 0.3 is 6.18 Å². The van der Waals surface area contributed by atoms with Crippen LogP contribution in [0.5, 0.6) is 0 Å². The standard InChI is InChI=1S/C12H12F3N3O/c1-18-10(16-8-17-18)7-19-11(12(13,14)15)9-5-3-2-4-6-9/h2-6,8,11H,7H2,1H3. The Morgan fingerprint density at radius 2 is 1.95 bits per heavy atom. The molecule has 0 aliphatic carbocycles. The number of aryl methyl sites for hydroxylation is 1. The van der Waals surface area contributed by atoms with Crippen molar-refractivity contribution >= 4 is 0 Å². The van der Waals surface area contributed by atoms with Crippen LogP contribution < -0.4 is 0 Å². The Hall–Kier alpha value is -1.89. The number of halogens is 3. The van der Waals surface area contributed by atoms with Crippen LogP contribution >= 0.6 is 0 Å². The smallest absolute Gasteiger partial charge is 0.356 e. The van der Waals surface area contributed by atoms with Gasteiger partial charge in [0.05, 0.1) is 0 Å². The van der Waals surface area contributed by atoms with Gasteiger partial charge < -0.3 is 4.74 Å². The topological polar surface area (TPSA) is 39.9 Å². The summed E-state index contributed by atoms with van der Waals surface area (Å²) in [6.45, 7) is -0.254. The molecule has 0 N–H and O–H groups in total. The number of hydrogen-bond donors (Lipinski definition) is 0. The molecule has 19 heavy (non-hydrogen) atoms. The van der Waals surface area contributed by atoms with Gasteiger partial charge in [0.2, 0.25) is 0 Å². The van der Waals surface area contributed by atoms with E-state index in [2.05, 4.69) is 10.1 Å². The third-order valence-electron chi connectivity index (χ3n) is 2.58. The first-order valence-corrected chi connectivity index (χ1v) is 5.54. The van der Waals surface area contributed by atoms with E-state index in [0.717, 1.165) is 0 Å². The minimum Gasteiger partial charge on any atom is -0.356 e. The molecule has 1 heterocycles. The third-order valence-corrected chi connectivity index (χ3v) is 2.58. The molecule has 0 aliphatic heterocycles. The summed E-state index contributed by atoms with van der Waals surface area (Å²) < 4.78 is 45.2. The second kappa shape index (κ2) is 5.40. The van der Waals surface area contributed by atoms with Gasteiger partial charge in [0, 0.05) is 7.05 Å². The summed E-state index contributed by atoms with van der Waals surface area (Å²) in [5, 5.41) is 3.77. The Bertz CT molecular complexity index is 525. The highest BCUT2D eigenvalue weighted by Gasteiger charge is 2.42. The van der Waals surface area contributed by atoms with Crippen molar-refractivity contribution in [3.8, 4) is 0 Å². The van der Waals surface area contributed by atoms with E-state index in [0.29, 0.717) is 5.82 Å². The van der Waals surface area contributed by atoms with Crippen LogP contribution in [0.2, 0.25) is 0 Å². The number of rotatable bonds is 4. The quantitative estimate of drug-likeness (QED) is 0.858. The molecule has 1 atom stereocenters. The molecule has 1 aromatic carbocycles. The molecule has 1 unspecified atom stereocenters. The summed E-state index contributed by atoms with van der Waals surface area (Å²) in [5.41, 5.74) is 0.0668. The van der Waals surface area contributed by atoms with Crippen LogP contribution in [0.4, 0.5) is 13.2 Å². The molecule has 0 spiro atoms. The van der Waals surface area contributed by atoms with Gasteiger partial charge in [-0.1, -0.05) is 30.3 Å². The SMILES string of the molecule is Cn1ncnc1COC(c1ccccc1)C(F)(F)F. The molecule has 4 nitrogen and oxygen atoms in total. The molecule has 0 saturated carbocycles. The molecule has 7 heteroatoms. The van der Waals surface area contributed by atoms with Gasteiger partial charge in [-0.15, -0.1) is 0 Å². The molecule has 102 valence electrons. The lowest BCUT2D eigenvalue weighted by atomic mass is 10.1. The van der Waals surface area contributed by atoms with Gasteiger partial charge in [-0.05, 0) is 5.56 Å². The van der Waals surface area contributed by atoms with E-state index in [4.69, 9.17) is 4.74 Å². The fourth-order valence-corrected chi connectivity index (χ4v) is 1.62. The summed E-state index contributed by atoms with van der Waals surface area (Å²) in [6, 6.07) is 7.50. The summed E-state index contributed by atoms with van der Waals surface area (Å²) in [4.78, 5) is 3.82. The number of benzene rings is 1. The minimum absolute atomic E-state index is 0.0668. The Balaban J connectivity index is 2.14. The first-order valence-electron chi connectivity index (χ1n) is 5.54. The van der Waals surface area contributed by atoms with E-state index in [1.165, 1.54) is 23.1 Å². The van der Waals surface area contributed by atoms with Crippen molar-refractivity contribution in [2.45, 2.75) is 18.9 Å². The Labute approximate surface area is 107 Å². The fraction of sp³-hybridized carbons (Fsp3) is 0.333. The summed E-state index contributed by atoms with van der Waals surface area (Å²) in [7, 11) is 1.59. The van der Waals surface area contributed by atoms with Crippen LogP contribution in [0.25, 0.3) is 0 Å². The molecule has 0 radical (unpaired) electrons. The van der Waals surface area contributed by atoms with Gasteiger partial charge in [-0.2, -0.15) is 18.3 Å². The summed E-state index contributed by atoms with van der Waals surface area (Å²) in [5.74, 6) is 0.338. The second-order valence-electron chi connectivity index (χ2n) is 3.94. The highest BCUT2D eigenvalue weighted by Crippen LogP contribution is 2.36. The monoisotopic (exact) mass is 271 g/mol. The van der Waals surface area contributed by atoms with E-state index in [1.54, 1.807) is 25.2 Å². The zero-order valence-electron chi connectivity index (χ0n) is 10.1. The highest BCUT2D eigenvalue weighted by atomic mass is 19.4. The van der Waals surface area contributed by atoms with Crippen molar-refractivity contribution in [1.29, 1.82) is 0 Å². The third kappa shape index (κ3) is 3.31. The Morgan fingerprint density at radius 3 is 2.47 bits per heavy atom. The van der Waals surface area contributed by atoms with E-state index in [9.17, 15) is 13.2 Å². The zero-order chi connectivity index (χ0) is 13.9. The van der Waals surface area contributed by atoms with Crippen LogP contribution in [-0.4, -0.2) is 20.9 Å².